The number of carbonyl (C=O) groups is 2. The molecule has 1 N–H and O–H groups in total. The van der Waals surface area contributed by atoms with Gasteiger partial charge in [0.25, 0.3) is 5.91 Å². The summed E-state index contributed by atoms with van der Waals surface area (Å²) in [7, 11) is 0. The predicted octanol–water partition coefficient (Wildman–Crippen LogP) is 6.19. The fourth-order valence-corrected chi connectivity index (χ4v) is 5.51. The van der Waals surface area contributed by atoms with Gasteiger partial charge >= 0.3 is 5.97 Å². The first-order valence-electron chi connectivity index (χ1n) is 12.0. The van der Waals surface area contributed by atoms with Crippen LogP contribution in [0.15, 0.2) is 72.1 Å². The van der Waals surface area contributed by atoms with Gasteiger partial charge in [0.1, 0.15) is 0 Å². The third kappa shape index (κ3) is 4.33. The number of hydrogen-bond acceptors (Lipinski definition) is 6. The highest BCUT2D eigenvalue weighted by Gasteiger charge is 2.24. The lowest BCUT2D eigenvalue weighted by Gasteiger charge is -2.19. The number of benzene rings is 3. The molecule has 0 aliphatic heterocycles. The maximum absolute atomic E-state index is 13.1. The van der Waals surface area contributed by atoms with E-state index in [-0.39, 0.29) is 6.61 Å². The number of nitrogens with zero attached hydrogens (tertiary/aromatic N) is 2. The van der Waals surface area contributed by atoms with Gasteiger partial charge in [-0.05, 0) is 54.2 Å². The van der Waals surface area contributed by atoms with Crippen molar-refractivity contribution in [2.24, 2.45) is 0 Å². The fraction of sp³-hybridized carbons (Fsp3) is 0.172. The molecular weight excluding hydrogens is 470 g/mol. The van der Waals surface area contributed by atoms with Crippen LogP contribution in [0.25, 0.3) is 32.9 Å². The van der Waals surface area contributed by atoms with E-state index in [0.29, 0.717) is 10.7 Å². The quantitative estimate of drug-likeness (QED) is 0.296. The highest BCUT2D eigenvalue weighted by molar-refractivity contribution is 7.14. The summed E-state index contributed by atoms with van der Waals surface area (Å²) < 4.78 is 5.47. The molecule has 0 spiro atoms. The molecule has 0 unspecified atom stereocenters. The Labute approximate surface area is 212 Å². The van der Waals surface area contributed by atoms with Crippen LogP contribution in [0.3, 0.4) is 0 Å². The van der Waals surface area contributed by atoms with Gasteiger partial charge < -0.3 is 4.74 Å². The molecule has 6 nitrogen and oxygen atoms in total. The third-order valence-electron chi connectivity index (χ3n) is 6.50. The summed E-state index contributed by atoms with van der Waals surface area (Å²) in [6.07, 6.45) is 3.71. The van der Waals surface area contributed by atoms with E-state index in [4.69, 9.17) is 9.72 Å². The molecule has 7 heteroatoms. The Morgan fingerprint density at radius 1 is 0.917 bits per heavy atom. The molecule has 0 saturated heterocycles. The first-order chi connectivity index (χ1) is 17.7. The van der Waals surface area contributed by atoms with E-state index >= 15 is 0 Å². The zero-order valence-electron chi connectivity index (χ0n) is 19.5. The van der Waals surface area contributed by atoms with Crippen molar-refractivity contribution in [1.82, 2.24) is 9.97 Å². The number of anilines is 1. The second-order valence-electron chi connectivity index (χ2n) is 8.86. The van der Waals surface area contributed by atoms with Gasteiger partial charge in [0.05, 0.1) is 16.8 Å². The SMILES string of the molecule is O=C(COC(=O)c1c2c(nc3ccccc13)CCCC2)Nc1nc(-c2ccc3ccccc3c2)cs1. The van der Waals surface area contributed by atoms with Crippen LogP contribution in [0, 0.1) is 0 Å². The Morgan fingerprint density at radius 3 is 2.64 bits per heavy atom. The number of hydrogen-bond donors (Lipinski definition) is 1. The highest BCUT2D eigenvalue weighted by Crippen LogP contribution is 2.30. The third-order valence-corrected chi connectivity index (χ3v) is 7.26. The topological polar surface area (TPSA) is 81.2 Å². The van der Waals surface area contributed by atoms with Crippen molar-refractivity contribution >= 4 is 50.0 Å². The van der Waals surface area contributed by atoms with Crippen molar-refractivity contribution in [3.8, 4) is 11.3 Å². The average molecular weight is 494 g/mol. The van der Waals surface area contributed by atoms with Crippen molar-refractivity contribution in [3.63, 3.8) is 0 Å². The highest BCUT2D eigenvalue weighted by atomic mass is 32.1. The van der Waals surface area contributed by atoms with Gasteiger partial charge in [-0.25, -0.2) is 9.78 Å². The normalized spacial score (nSPS) is 12.9. The Morgan fingerprint density at radius 2 is 1.72 bits per heavy atom. The molecule has 1 aliphatic carbocycles. The number of thiazole rings is 1. The van der Waals surface area contributed by atoms with E-state index in [1.165, 1.54) is 11.3 Å². The van der Waals surface area contributed by atoms with Crippen LogP contribution in [0.1, 0.15) is 34.5 Å². The minimum Gasteiger partial charge on any atom is -0.452 e. The lowest BCUT2D eigenvalue weighted by Crippen LogP contribution is -2.22. The number of nitrogens with one attached hydrogen (secondary N) is 1. The molecule has 5 aromatic rings. The summed E-state index contributed by atoms with van der Waals surface area (Å²) in [6.45, 7) is -0.380. The number of rotatable bonds is 5. The summed E-state index contributed by atoms with van der Waals surface area (Å²) in [4.78, 5) is 35.0. The molecule has 2 heterocycles. The van der Waals surface area contributed by atoms with Crippen LogP contribution >= 0.6 is 11.3 Å². The number of amides is 1. The maximum atomic E-state index is 13.1. The van der Waals surface area contributed by atoms with E-state index in [2.05, 4.69) is 34.6 Å². The minimum absolute atomic E-state index is 0.380. The van der Waals surface area contributed by atoms with Crippen molar-refractivity contribution in [3.05, 3.63) is 88.9 Å². The van der Waals surface area contributed by atoms with Crippen LogP contribution < -0.4 is 5.32 Å². The smallest absolute Gasteiger partial charge is 0.339 e. The summed E-state index contributed by atoms with van der Waals surface area (Å²) in [6, 6.07) is 21.9. The van der Waals surface area contributed by atoms with Crippen LogP contribution in [-0.4, -0.2) is 28.5 Å². The van der Waals surface area contributed by atoms with Gasteiger partial charge in [-0.15, -0.1) is 11.3 Å². The summed E-state index contributed by atoms with van der Waals surface area (Å²) in [5.74, 6) is -0.909. The molecule has 1 amide bonds. The summed E-state index contributed by atoms with van der Waals surface area (Å²) in [5, 5.41) is 8.18. The van der Waals surface area contributed by atoms with Crippen LogP contribution in [0.4, 0.5) is 5.13 Å². The fourth-order valence-electron chi connectivity index (χ4n) is 4.78. The van der Waals surface area contributed by atoms with Crippen LogP contribution in [0.5, 0.6) is 0 Å². The molecule has 0 saturated carbocycles. The van der Waals surface area contributed by atoms with Crippen molar-refractivity contribution in [1.29, 1.82) is 0 Å². The van der Waals surface area contributed by atoms with Gasteiger partial charge in [0.15, 0.2) is 11.7 Å². The van der Waals surface area contributed by atoms with E-state index < -0.39 is 11.9 Å². The summed E-state index contributed by atoms with van der Waals surface area (Å²) in [5.41, 5.74) is 4.99. The molecular formula is C29H23N3O3S. The molecule has 1 aliphatic rings. The molecule has 178 valence electrons. The van der Waals surface area contributed by atoms with Gasteiger partial charge in [0.2, 0.25) is 0 Å². The zero-order valence-corrected chi connectivity index (χ0v) is 20.3. The molecule has 36 heavy (non-hydrogen) atoms. The number of para-hydroxylation sites is 1. The molecule has 2 aromatic heterocycles. The largest absolute Gasteiger partial charge is 0.452 e. The number of esters is 1. The standard InChI is InChI=1S/C29H23N3O3S/c33-26(32-29-31-25(17-36-29)20-14-13-18-7-1-2-8-19(18)15-20)16-35-28(34)27-21-9-3-5-11-23(21)30-24-12-6-4-10-22(24)27/h1-3,5,7-9,11,13-15,17H,4,6,10,12,16H2,(H,31,32,33). The van der Waals surface area contributed by atoms with E-state index in [1.54, 1.807) is 0 Å². The number of ether oxygens (including phenoxy) is 1. The Kier molecular flexibility index (Phi) is 5.91. The minimum atomic E-state index is -0.488. The lowest BCUT2D eigenvalue weighted by molar-refractivity contribution is -0.119. The number of carbonyl (C=O) groups excluding carboxylic acids is 2. The average Bonchev–Trinajstić information content (AvgIpc) is 3.38. The van der Waals surface area contributed by atoms with E-state index in [1.807, 2.05) is 47.8 Å². The van der Waals surface area contributed by atoms with E-state index in [0.717, 1.165) is 69.9 Å². The lowest BCUT2D eigenvalue weighted by atomic mass is 9.90. The van der Waals surface area contributed by atoms with Gasteiger partial charge in [-0.3, -0.25) is 15.1 Å². The Bertz CT molecular complexity index is 1630. The first-order valence-corrected chi connectivity index (χ1v) is 12.9. The number of pyridine rings is 1. The second-order valence-corrected chi connectivity index (χ2v) is 9.72. The number of aryl methyl sites for hydroxylation is 1. The van der Waals surface area contributed by atoms with Gasteiger partial charge in [0, 0.05) is 22.0 Å². The first kappa shape index (κ1) is 22.4. The zero-order chi connectivity index (χ0) is 24.5. The molecule has 0 atom stereocenters. The molecule has 0 fully saturated rings. The molecule has 0 bridgehead atoms. The van der Waals surface area contributed by atoms with Gasteiger partial charge in [-0.2, -0.15) is 0 Å². The van der Waals surface area contributed by atoms with Crippen molar-refractivity contribution in [2.75, 3.05) is 11.9 Å². The van der Waals surface area contributed by atoms with Crippen molar-refractivity contribution < 1.29 is 14.3 Å². The second kappa shape index (κ2) is 9.51. The number of aromatic nitrogens is 2. The van der Waals surface area contributed by atoms with Crippen molar-refractivity contribution in [2.45, 2.75) is 25.7 Å². The monoisotopic (exact) mass is 493 g/mol. The predicted molar refractivity (Wildman–Crippen MR) is 142 cm³/mol. The Hall–Kier alpha value is -4.10. The number of fused-ring (bicyclic) bond motifs is 3. The summed E-state index contributed by atoms with van der Waals surface area (Å²) >= 11 is 1.34. The van der Waals surface area contributed by atoms with E-state index in [9.17, 15) is 9.59 Å². The molecule has 0 radical (unpaired) electrons. The van der Waals surface area contributed by atoms with Gasteiger partial charge in [-0.1, -0.05) is 54.6 Å². The maximum Gasteiger partial charge on any atom is 0.339 e. The molecule has 3 aromatic carbocycles. The molecule has 6 rings (SSSR count). The Balaban J connectivity index is 1.16. The van der Waals surface area contributed by atoms with Crippen LogP contribution in [-0.2, 0) is 22.4 Å². The van der Waals surface area contributed by atoms with Crippen LogP contribution in [0.2, 0.25) is 0 Å².